The van der Waals surface area contributed by atoms with E-state index in [2.05, 4.69) is 45.0 Å². The van der Waals surface area contributed by atoms with E-state index in [1.165, 1.54) is 0 Å². The maximum absolute atomic E-state index is 12.0. The van der Waals surface area contributed by atoms with Crippen LogP contribution in [0.4, 0.5) is 5.82 Å². The standard InChI is InChI=1S/C15H28N4O.ClH/c1-10(2)7-12(16)14(20)17-13-8-11(18-19(13)6)9-15(3,4)5;/h8,10,12H,7,9,16H2,1-6H3,(H,17,20);1H/t12-;/m0./s1. The molecule has 0 aliphatic carbocycles. The zero-order valence-corrected chi connectivity index (χ0v) is 14.8. The van der Waals surface area contributed by atoms with Gasteiger partial charge in [-0.15, -0.1) is 12.4 Å². The highest BCUT2D eigenvalue weighted by molar-refractivity contribution is 5.94. The lowest BCUT2D eigenvalue weighted by atomic mass is 9.91. The Morgan fingerprint density at radius 3 is 2.48 bits per heavy atom. The van der Waals surface area contributed by atoms with Crippen LogP contribution in [0.1, 0.15) is 46.7 Å². The fraction of sp³-hybridized carbons (Fsp3) is 0.733. The van der Waals surface area contributed by atoms with Crippen LogP contribution in [0.3, 0.4) is 0 Å². The number of nitrogens with zero attached hydrogens (tertiary/aromatic N) is 2. The molecule has 1 rings (SSSR count). The summed E-state index contributed by atoms with van der Waals surface area (Å²) in [5, 5.41) is 7.29. The molecular formula is C15H29ClN4O. The number of halogens is 1. The van der Waals surface area contributed by atoms with E-state index < -0.39 is 6.04 Å². The first-order valence-corrected chi connectivity index (χ1v) is 7.18. The molecule has 0 unspecified atom stereocenters. The number of amides is 1. The van der Waals surface area contributed by atoms with Gasteiger partial charge < -0.3 is 11.1 Å². The Balaban J connectivity index is 0.00000400. The second-order valence-corrected chi connectivity index (χ2v) is 7.11. The normalized spacial score (nSPS) is 13.0. The van der Waals surface area contributed by atoms with Gasteiger partial charge in [0, 0.05) is 13.1 Å². The second kappa shape index (κ2) is 7.80. The van der Waals surface area contributed by atoms with Crippen molar-refractivity contribution in [1.82, 2.24) is 9.78 Å². The Bertz CT molecular complexity index is 463. The lowest BCUT2D eigenvalue weighted by molar-refractivity contribution is -0.117. The Morgan fingerprint density at radius 2 is 2.00 bits per heavy atom. The zero-order chi connectivity index (χ0) is 15.5. The van der Waals surface area contributed by atoms with Gasteiger partial charge in [-0.1, -0.05) is 34.6 Å². The molecule has 0 fully saturated rings. The van der Waals surface area contributed by atoms with Crippen molar-refractivity contribution in [3.05, 3.63) is 11.8 Å². The van der Waals surface area contributed by atoms with Crippen molar-refractivity contribution in [1.29, 1.82) is 0 Å². The number of nitrogens with two attached hydrogens (primary N) is 1. The molecule has 6 heteroatoms. The monoisotopic (exact) mass is 316 g/mol. The quantitative estimate of drug-likeness (QED) is 0.877. The molecule has 0 saturated carbocycles. The van der Waals surface area contributed by atoms with Crippen LogP contribution in [0.15, 0.2) is 6.07 Å². The Labute approximate surface area is 134 Å². The van der Waals surface area contributed by atoms with Crippen LogP contribution in [0.25, 0.3) is 0 Å². The average molecular weight is 317 g/mol. The van der Waals surface area contributed by atoms with E-state index >= 15 is 0 Å². The summed E-state index contributed by atoms with van der Waals surface area (Å²) in [7, 11) is 1.83. The molecule has 0 aromatic carbocycles. The zero-order valence-electron chi connectivity index (χ0n) is 13.9. The van der Waals surface area contributed by atoms with Crippen molar-refractivity contribution in [3.63, 3.8) is 0 Å². The molecule has 0 spiro atoms. The van der Waals surface area contributed by atoms with Gasteiger partial charge in [-0.05, 0) is 24.2 Å². The number of aromatic nitrogens is 2. The third-order valence-corrected chi connectivity index (χ3v) is 2.96. The molecule has 0 bridgehead atoms. The van der Waals surface area contributed by atoms with Gasteiger partial charge in [-0.25, -0.2) is 0 Å². The van der Waals surface area contributed by atoms with Crippen molar-refractivity contribution < 1.29 is 4.79 Å². The van der Waals surface area contributed by atoms with E-state index in [4.69, 9.17) is 5.73 Å². The van der Waals surface area contributed by atoms with Crippen LogP contribution in [-0.2, 0) is 18.3 Å². The van der Waals surface area contributed by atoms with E-state index in [-0.39, 0.29) is 23.7 Å². The highest BCUT2D eigenvalue weighted by Gasteiger charge is 2.19. The molecule has 3 N–H and O–H groups in total. The first-order chi connectivity index (χ1) is 9.08. The van der Waals surface area contributed by atoms with Crippen molar-refractivity contribution >= 4 is 24.1 Å². The molecule has 5 nitrogen and oxygen atoms in total. The predicted molar refractivity (Wildman–Crippen MR) is 89.7 cm³/mol. The average Bonchev–Trinajstić information content (AvgIpc) is 2.55. The molecule has 0 radical (unpaired) electrons. The second-order valence-electron chi connectivity index (χ2n) is 7.11. The van der Waals surface area contributed by atoms with Crippen LogP contribution in [0.2, 0.25) is 0 Å². The Morgan fingerprint density at radius 1 is 1.43 bits per heavy atom. The Hall–Kier alpha value is -1.07. The lowest BCUT2D eigenvalue weighted by Crippen LogP contribution is -2.37. The highest BCUT2D eigenvalue weighted by atomic mass is 35.5. The maximum atomic E-state index is 12.0. The molecule has 1 heterocycles. The number of aryl methyl sites for hydroxylation is 1. The number of anilines is 1. The number of rotatable bonds is 5. The lowest BCUT2D eigenvalue weighted by Gasteiger charge is -2.15. The van der Waals surface area contributed by atoms with Gasteiger partial charge in [0.25, 0.3) is 0 Å². The van der Waals surface area contributed by atoms with Gasteiger partial charge in [-0.3, -0.25) is 9.48 Å². The molecule has 0 aliphatic heterocycles. The van der Waals surface area contributed by atoms with Crippen LogP contribution in [-0.4, -0.2) is 21.7 Å². The third-order valence-electron chi connectivity index (χ3n) is 2.96. The smallest absolute Gasteiger partial charge is 0.242 e. The minimum atomic E-state index is -0.476. The highest BCUT2D eigenvalue weighted by Crippen LogP contribution is 2.21. The van der Waals surface area contributed by atoms with Gasteiger partial charge in [0.05, 0.1) is 11.7 Å². The molecule has 1 atom stereocenters. The molecule has 1 aromatic heterocycles. The number of hydrogen-bond donors (Lipinski definition) is 2. The number of hydrogen-bond acceptors (Lipinski definition) is 3. The van der Waals surface area contributed by atoms with Gasteiger partial charge in [-0.2, -0.15) is 5.10 Å². The number of carbonyl (C=O) groups excluding carboxylic acids is 1. The van der Waals surface area contributed by atoms with Gasteiger partial charge in [0.15, 0.2) is 0 Å². The minimum absolute atomic E-state index is 0. The van der Waals surface area contributed by atoms with Gasteiger partial charge >= 0.3 is 0 Å². The van der Waals surface area contributed by atoms with E-state index in [1.807, 2.05) is 13.1 Å². The summed E-state index contributed by atoms with van der Waals surface area (Å²) in [6.07, 6.45) is 1.55. The molecule has 0 aliphatic rings. The summed E-state index contributed by atoms with van der Waals surface area (Å²) >= 11 is 0. The minimum Gasteiger partial charge on any atom is -0.320 e. The summed E-state index contributed by atoms with van der Waals surface area (Å²) in [5.74, 6) is 0.955. The molecule has 21 heavy (non-hydrogen) atoms. The fourth-order valence-electron chi connectivity index (χ4n) is 2.11. The summed E-state index contributed by atoms with van der Waals surface area (Å²) in [5.41, 5.74) is 7.03. The van der Waals surface area contributed by atoms with Crippen LogP contribution < -0.4 is 11.1 Å². The van der Waals surface area contributed by atoms with Crippen molar-refractivity contribution in [2.45, 2.75) is 53.5 Å². The number of nitrogens with one attached hydrogen (secondary N) is 1. The van der Waals surface area contributed by atoms with E-state index in [0.29, 0.717) is 18.2 Å². The third kappa shape index (κ3) is 6.96. The summed E-state index contributed by atoms with van der Waals surface area (Å²) in [6, 6.07) is 1.45. The van der Waals surface area contributed by atoms with Crippen molar-refractivity contribution in [2.75, 3.05) is 5.32 Å². The van der Waals surface area contributed by atoms with E-state index in [1.54, 1.807) is 4.68 Å². The summed E-state index contributed by atoms with van der Waals surface area (Å²) in [6.45, 7) is 10.6. The largest absolute Gasteiger partial charge is 0.320 e. The molecule has 1 aromatic rings. The van der Waals surface area contributed by atoms with Gasteiger partial charge in [0.1, 0.15) is 5.82 Å². The van der Waals surface area contributed by atoms with Crippen LogP contribution in [0.5, 0.6) is 0 Å². The molecule has 122 valence electrons. The van der Waals surface area contributed by atoms with Crippen LogP contribution in [0, 0.1) is 11.3 Å². The van der Waals surface area contributed by atoms with Crippen molar-refractivity contribution in [2.24, 2.45) is 24.1 Å². The molecular weight excluding hydrogens is 288 g/mol. The van der Waals surface area contributed by atoms with Gasteiger partial charge in [0.2, 0.25) is 5.91 Å². The van der Waals surface area contributed by atoms with Crippen molar-refractivity contribution in [3.8, 4) is 0 Å². The molecule has 1 amide bonds. The van der Waals surface area contributed by atoms with Crippen LogP contribution >= 0.6 is 12.4 Å². The van der Waals surface area contributed by atoms with E-state index in [9.17, 15) is 4.79 Å². The Kier molecular flexibility index (Phi) is 7.40. The summed E-state index contributed by atoms with van der Waals surface area (Å²) in [4.78, 5) is 12.0. The summed E-state index contributed by atoms with van der Waals surface area (Å²) < 4.78 is 1.70. The SMILES string of the molecule is CC(C)C[C@H](N)C(=O)Nc1cc(CC(C)(C)C)nn1C.Cl. The van der Waals surface area contributed by atoms with E-state index in [0.717, 1.165) is 12.1 Å². The first kappa shape index (κ1) is 19.9. The number of carbonyl (C=O) groups is 1. The first-order valence-electron chi connectivity index (χ1n) is 7.18. The topological polar surface area (TPSA) is 72.9 Å². The predicted octanol–water partition coefficient (Wildman–Crippen LogP) is 2.74. The fourth-order valence-corrected chi connectivity index (χ4v) is 2.11. The maximum Gasteiger partial charge on any atom is 0.242 e. The molecule has 0 saturated heterocycles.